The second-order valence-electron chi connectivity index (χ2n) is 7.61. The van der Waals surface area contributed by atoms with Gasteiger partial charge in [-0.05, 0) is 64.0 Å². The molecule has 1 amide bonds. The molecule has 1 aliphatic heterocycles. The number of rotatable bonds is 3. The first-order valence-corrected chi connectivity index (χ1v) is 9.88. The predicted molar refractivity (Wildman–Crippen MR) is 103 cm³/mol. The van der Waals surface area contributed by atoms with Crippen molar-refractivity contribution in [3.63, 3.8) is 0 Å². The molecule has 2 N–H and O–H groups in total. The van der Waals surface area contributed by atoms with Gasteiger partial charge >= 0.3 is 0 Å². The molecule has 1 unspecified atom stereocenters. The van der Waals surface area contributed by atoms with Crippen molar-refractivity contribution in [2.24, 2.45) is 5.73 Å². The molecule has 5 heteroatoms. The van der Waals surface area contributed by atoms with E-state index in [-0.39, 0.29) is 11.9 Å². The lowest BCUT2D eigenvalue weighted by Gasteiger charge is -2.34. The Morgan fingerprint density at radius 3 is 2.69 bits per heavy atom. The minimum absolute atomic E-state index is 0.0733. The van der Waals surface area contributed by atoms with Crippen molar-refractivity contribution >= 4 is 5.91 Å². The molecule has 2 heterocycles. The molecule has 1 atom stereocenters. The van der Waals surface area contributed by atoms with E-state index in [1.807, 2.05) is 9.58 Å². The molecule has 138 valence electrons. The largest absolute Gasteiger partial charge is 0.333 e. The van der Waals surface area contributed by atoms with Gasteiger partial charge in [-0.25, -0.2) is 4.68 Å². The number of nitrogens with two attached hydrogens (primary N) is 1. The van der Waals surface area contributed by atoms with E-state index >= 15 is 0 Å². The van der Waals surface area contributed by atoms with Gasteiger partial charge in [0, 0.05) is 30.4 Å². The van der Waals surface area contributed by atoms with Crippen LogP contribution in [0.2, 0.25) is 0 Å². The number of benzene rings is 1. The lowest BCUT2D eigenvalue weighted by atomic mass is 9.94. The zero-order valence-electron chi connectivity index (χ0n) is 15.6. The van der Waals surface area contributed by atoms with Crippen LogP contribution in [0.25, 0.3) is 5.69 Å². The van der Waals surface area contributed by atoms with Gasteiger partial charge in [0.1, 0.15) is 0 Å². The van der Waals surface area contributed by atoms with Crippen molar-refractivity contribution in [1.82, 2.24) is 14.7 Å². The summed E-state index contributed by atoms with van der Waals surface area (Å²) in [4.78, 5) is 15.3. The number of nitrogens with zero attached hydrogens (tertiary/aromatic N) is 3. The summed E-state index contributed by atoms with van der Waals surface area (Å²) in [6.07, 6.45) is 7.45. The van der Waals surface area contributed by atoms with E-state index < -0.39 is 0 Å². The molecule has 4 rings (SSSR count). The van der Waals surface area contributed by atoms with Gasteiger partial charge in [-0.2, -0.15) is 5.10 Å². The molecule has 0 spiro atoms. The molecule has 5 nitrogen and oxygen atoms in total. The first kappa shape index (κ1) is 17.3. The quantitative estimate of drug-likeness (QED) is 0.923. The maximum atomic E-state index is 13.3. The predicted octanol–water partition coefficient (Wildman–Crippen LogP) is 3.01. The highest BCUT2D eigenvalue weighted by Crippen LogP contribution is 2.29. The Morgan fingerprint density at radius 1 is 1.15 bits per heavy atom. The molecule has 0 bridgehead atoms. The first-order chi connectivity index (χ1) is 12.7. The lowest BCUT2D eigenvalue weighted by Crippen LogP contribution is -2.47. The summed E-state index contributed by atoms with van der Waals surface area (Å²) >= 11 is 0. The minimum Gasteiger partial charge on any atom is -0.333 e. The Hall–Kier alpha value is -2.14. The van der Waals surface area contributed by atoms with Crippen LogP contribution < -0.4 is 5.73 Å². The third kappa shape index (κ3) is 3.05. The molecular weight excluding hydrogens is 324 g/mol. The van der Waals surface area contributed by atoms with Crippen LogP contribution in [0.1, 0.15) is 59.4 Å². The second kappa shape index (κ2) is 7.23. The SMILES string of the molecule is Cc1ccc(-n2nc(C(=O)N3CCCCC3CN)c3c2CCCC3)cc1. The van der Waals surface area contributed by atoms with Crippen LogP contribution >= 0.6 is 0 Å². The zero-order valence-corrected chi connectivity index (χ0v) is 15.6. The standard InChI is InChI=1S/C21H28N4O/c1-15-9-11-16(12-10-15)25-19-8-3-2-7-18(19)20(23-25)21(26)24-13-5-4-6-17(24)14-22/h9-12,17H,2-8,13-14,22H2,1H3. The highest BCUT2D eigenvalue weighted by Gasteiger charge is 2.32. The number of carbonyl (C=O) groups excluding carboxylic acids is 1. The van der Waals surface area contributed by atoms with E-state index in [0.29, 0.717) is 12.2 Å². The first-order valence-electron chi connectivity index (χ1n) is 9.88. The Bertz CT molecular complexity index is 793. The number of piperidine rings is 1. The molecule has 2 aromatic rings. The Kier molecular flexibility index (Phi) is 4.81. The van der Waals surface area contributed by atoms with Gasteiger partial charge < -0.3 is 10.6 Å². The maximum absolute atomic E-state index is 13.3. The molecule has 0 saturated carbocycles. The van der Waals surface area contributed by atoms with Gasteiger partial charge in [0.15, 0.2) is 5.69 Å². The number of amides is 1. The summed E-state index contributed by atoms with van der Waals surface area (Å²) in [6, 6.07) is 8.54. The maximum Gasteiger partial charge on any atom is 0.274 e. The molecule has 0 radical (unpaired) electrons. The van der Waals surface area contributed by atoms with Crippen molar-refractivity contribution in [3.8, 4) is 5.69 Å². The minimum atomic E-state index is 0.0733. The van der Waals surface area contributed by atoms with E-state index in [9.17, 15) is 4.79 Å². The van der Waals surface area contributed by atoms with Gasteiger partial charge in [0.2, 0.25) is 0 Å². The average molecular weight is 352 g/mol. The van der Waals surface area contributed by atoms with Crippen molar-refractivity contribution in [2.45, 2.75) is 57.9 Å². The van der Waals surface area contributed by atoms with Gasteiger partial charge in [-0.3, -0.25) is 4.79 Å². The normalized spacial score (nSPS) is 20.1. The fourth-order valence-electron chi connectivity index (χ4n) is 4.32. The number of aryl methyl sites for hydroxylation is 1. The molecule has 1 fully saturated rings. The molecule has 1 saturated heterocycles. The third-order valence-electron chi connectivity index (χ3n) is 5.82. The van der Waals surface area contributed by atoms with Crippen molar-refractivity contribution < 1.29 is 4.79 Å². The number of likely N-dealkylation sites (tertiary alicyclic amines) is 1. The van der Waals surface area contributed by atoms with Crippen LogP contribution in [0.3, 0.4) is 0 Å². The third-order valence-corrected chi connectivity index (χ3v) is 5.82. The van der Waals surface area contributed by atoms with E-state index in [1.165, 1.54) is 11.3 Å². The Balaban J connectivity index is 1.74. The summed E-state index contributed by atoms with van der Waals surface area (Å²) in [5.41, 5.74) is 11.2. The monoisotopic (exact) mass is 352 g/mol. The zero-order chi connectivity index (χ0) is 18.1. The second-order valence-corrected chi connectivity index (χ2v) is 7.61. The topological polar surface area (TPSA) is 64.2 Å². The number of carbonyl (C=O) groups is 1. The van der Waals surface area contributed by atoms with Gasteiger partial charge in [0.05, 0.1) is 5.69 Å². The molecule has 1 aromatic carbocycles. The molecule has 1 aliphatic carbocycles. The summed E-state index contributed by atoms with van der Waals surface area (Å²) in [7, 11) is 0. The van der Waals surface area contributed by atoms with Crippen molar-refractivity contribution in [2.75, 3.05) is 13.1 Å². The highest BCUT2D eigenvalue weighted by molar-refractivity contribution is 5.94. The van der Waals surface area contributed by atoms with E-state index in [1.54, 1.807) is 0 Å². The van der Waals surface area contributed by atoms with E-state index in [0.717, 1.165) is 62.7 Å². The molecule has 2 aliphatic rings. The number of hydrogen-bond donors (Lipinski definition) is 1. The number of hydrogen-bond acceptors (Lipinski definition) is 3. The lowest BCUT2D eigenvalue weighted by molar-refractivity contribution is 0.0615. The van der Waals surface area contributed by atoms with Crippen LogP contribution in [0.4, 0.5) is 0 Å². The highest BCUT2D eigenvalue weighted by atomic mass is 16.2. The van der Waals surface area contributed by atoms with Crippen LogP contribution in [0.15, 0.2) is 24.3 Å². The summed E-state index contributed by atoms with van der Waals surface area (Å²) in [6.45, 7) is 3.42. The number of aromatic nitrogens is 2. The number of fused-ring (bicyclic) bond motifs is 1. The summed E-state index contributed by atoms with van der Waals surface area (Å²) in [5.74, 6) is 0.0733. The van der Waals surface area contributed by atoms with Crippen LogP contribution in [0, 0.1) is 6.92 Å². The fraction of sp³-hybridized carbons (Fsp3) is 0.524. The van der Waals surface area contributed by atoms with Crippen molar-refractivity contribution in [3.05, 3.63) is 46.8 Å². The molecule has 26 heavy (non-hydrogen) atoms. The smallest absolute Gasteiger partial charge is 0.274 e. The van der Waals surface area contributed by atoms with Crippen LogP contribution in [0.5, 0.6) is 0 Å². The van der Waals surface area contributed by atoms with Crippen LogP contribution in [-0.4, -0.2) is 39.7 Å². The van der Waals surface area contributed by atoms with Crippen molar-refractivity contribution in [1.29, 1.82) is 0 Å². The van der Waals surface area contributed by atoms with Gasteiger partial charge in [-0.1, -0.05) is 17.7 Å². The van der Waals surface area contributed by atoms with E-state index in [4.69, 9.17) is 10.8 Å². The van der Waals surface area contributed by atoms with Gasteiger partial charge in [-0.15, -0.1) is 0 Å². The Morgan fingerprint density at radius 2 is 1.92 bits per heavy atom. The fourth-order valence-corrected chi connectivity index (χ4v) is 4.32. The van der Waals surface area contributed by atoms with Crippen LogP contribution in [-0.2, 0) is 12.8 Å². The Labute approximate surface area is 155 Å². The van der Waals surface area contributed by atoms with Gasteiger partial charge in [0.25, 0.3) is 5.91 Å². The summed E-state index contributed by atoms with van der Waals surface area (Å²) < 4.78 is 2.00. The molecular formula is C21H28N4O. The average Bonchev–Trinajstić information content (AvgIpc) is 3.08. The van der Waals surface area contributed by atoms with E-state index in [2.05, 4.69) is 31.2 Å². The molecule has 1 aromatic heterocycles. The summed E-state index contributed by atoms with van der Waals surface area (Å²) in [5, 5.41) is 4.82.